The van der Waals surface area contributed by atoms with E-state index in [2.05, 4.69) is 41.5 Å². The van der Waals surface area contributed by atoms with Crippen molar-refractivity contribution in [3.05, 3.63) is 10.8 Å². The predicted octanol–water partition coefficient (Wildman–Crippen LogP) is 2.61. The highest BCUT2D eigenvalue weighted by molar-refractivity contribution is 14.1. The van der Waals surface area contributed by atoms with Crippen LogP contribution in [0.15, 0.2) is 10.8 Å². The van der Waals surface area contributed by atoms with Crippen molar-refractivity contribution in [2.45, 2.75) is 17.2 Å². The molecule has 1 rings (SSSR count). The van der Waals surface area contributed by atoms with Crippen molar-refractivity contribution >= 4 is 34.4 Å². The summed E-state index contributed by atoms with van der Waals surface area (Å²) < 4.78 is 5.95. The SMILES string of the molecule is CCOC1=C(C)N(C)C(I)S1. The molecule has 4 heteroatoms. The second-order valence-corrected chi connectivity index (χ2v) is 5.40. The zero-order valence-electron chi connectivity index (χ0n) is 6.93. The highest BCUT2D eigenvalue weighted by Gasteiger charge is 2.25. The quantitative estimate of drug-likeness (QED) is 0.439. The van der Waals surface area contributed by atoms with E-state index in [4.69, 9.17) is 4.74 Å². The second kappa shape index (κ2) is 3.89. The van der Waals surface area contributed by atoms with Crippen molar-refractivity contribution in [1.82, 2.24) is 4.90 Å². The van der Waals surface area contributed by atoms with Gasteiger partial charge in [-0.2, -0.15) is 0 Å². The van der Waals surface area contributed by atoms with Crippen molar-refractivity contribution in [1.29, 1.82) is 0 Å². The molecule has 1 aliphatic heterocycles. The topological polar surface area (TPSA) is 12.5 Å². The third-order valence-corrected chi connectivity index (χ3v) is 4.35. The average molecular weight is 285 g/mol. The van der Waals surface area contributed by atoms with E-state index in [-0.39, 0.29) is 0 Å². The summed E-state index contributed by atoms with van der Waals surface area (Å²) in [5.74, 6) is 0. The number of halogens is 1. The molecule has 0 aromatic carbocycles. The number of ether oxygens (including phenoxy) is 1. The molecule has 0 amide bonds. The van der Waals surface area contributed by atoms with Crippen LogP contribution in [0.3, 0.4) is 0 Å². The molecule has 0 spiro atoms. The summed E-state index contributed by atoms with van der Waals surface area (Å²) in [6, 6.07) is 0. The maximum Gasteiger partial charge on any atom is 0.174 e. The Morgan fingerprint density at radius 3 is 2.73 bits per heavy atom. The van der Waals surface area contributed by atoms with Gasteiger partial charge in [0.05, 0.1) is 12.3 Å². The second-order valence-electron chi connectivity index (χ2n) is 2.33. The smallest absolute Gasteiger partial charge is 0.174 e. The van der Waals surface area contributed by atoms with Crippen LogP contribution in [0.4, 0.5) is 0 Å². The van der Waals surface area contributed by atoms with Crippen LogP contribution in [0.2, 0.25) is 0 Å². The first-order valence-electron chi connectivity index (χ1n) is 3.54. The van der Waals surface area contributed by atoms with Crippen LogP contribution >= 0.6 is 34.4 Å². The van der Waals surface area contributed by atoms with E-state index < -0.39 is 0 Å². The van der Waals surface area contributed by atoms with Crippen LogP contribution in [-0.4, -0.2) is 21.9 Å². The first kappa shape index (κ1) is 9.51. The monoisotopic (exact) mass is 285 g/mol. The van der Waals surface area contributed by atoms with Gasteiger partial charge in [0.25, 0.3) is 0 Å². The summed E-state index contributed by atoms with van der Waals surface area (Å²) in [6.45, 7) is 4.87. The minimum atomic E-state index is 0.495. The van der Waals surface area contributed by atoms with Gasteiger partial charge < -0.3 is 9.64 Å². The van der Waals surface area contributed by atoms with Crippen LogP contribution in [0, 0.1) is 0 Å². The number of rotatable bonds is 2. The van der Waals surface area contributed by atoms with Gasteiger partial charge in [-0.15, -0.1) is 0 Å². The van der Waals surface area contributed by atoms with E-state index in [0.29, 0.717) is 3.38 Å². The Labute approximate surface area is 85.5 Å². The standard InChI is InChI=1S/C7H12INOS/c1-4-10-6-5(2)9(3)7(8)11-6/h7H,4H2,1-3H3. The number of hydrogen-bond acceptors (Lipinski definition) is 3. The fourth-order valence-corrected chi connectivity index (χ4v) is 2.92. The molecule has 0 aromatic rings. The lowest BCUT2D eigenvalue weighted by Gasteiger charge is -2.15. The molecule has 0 aliphatic carbocycles. The molecular weight excluding hydrogens is 273 g/mol. The van der Waals surface area contributed by atoms with Gasteiger partial charge in [-0.3, -0.25) is 0 Å². The van der Waals surface area contributed by atoms with E-state index in [1.165, 1.54) is 5.70 Å². The van der Waals surface area contributed by atoms with Crippen LogP contribution < -0.4 is 0 Å². The third-order valence-electron chi connectivity index (χ3n) is 1.61. The number of alkyl halides is 1. The lowest BCUT2D eigenvalue weighted by Crippen LogP contribution is -2.16. The highest BCUT2D eigenvalue weighted by Crippen LogP contribution is 2.40. The Balaban J connectivity index is 2.64. The number of nitrogens with zero attached hydrogens (tertiary/aromatic N) is 1. The van der Waals surface area contributed by atoms with Crippen LogP contribution in [-0.2, 0) is 4.74 Å². The van der Waals surface area contributed by atoms with Crippen molar-refractivity contribution in [2.24, 2.45) is 0 Å². The number of hydrogen-bond donors (Lipinski definition) is 0. The first-order valence-corrected chi connectivity index (χ1v) is 5.66. The van der Waals surface area contributed by atoms with Crippen molar-refractivity contribution in [3.8, 4) is 0 Å². The molecule has 0 aromatic heterocycles. The lowest BCUT2D eigenvalue weighted by atomic mass is 10.5. The average Bonchev–Trinajstić information content (AvgIpc) is 2.19. The molecule has 0 fully saturated rings. The predicted molar refractivity (Wildman–Crippen MR) is 57.5 cm³/mol. The first-order chi connectivity index (χ1) is 5.16. The molecule has 1 atom stereocenters. The van der Waals surface area contributed by atoms with E-state index in [1.54, 1.807) is 11.8 Å². The molecule has 1 aliphatic rings. The molecule has 0 bridgehead atoms. The van der Waals surface area contributed by atoms with Crippen LogP contribution in [0.1, 0.15) is 13.8 Å². The third kappa shape index (κ3) is 1.96. The Morgan fingerprint density at radius 1 is 1.73 bits per heavy atom. The Hall–Kier alpha value is 0.420. The minimum absolute atomic E-state index is 0.495. The molecule has 2 nitrogen and oxygen atoms in total. The molecule has 11 heavy (non-hydrogen) atoms. The summed E-state index contributed by atoms with van der Waals surface area (Å²) in [7, 11) is 2.09. The van der Waals surface area contributed by atoms with Crippen molar-refractivity contribution < 1.29 is 4.74 Å². The molecule has 0 radical (unpaired) electrons. The lowest BCUT2D eigenvalue weighted by molar-refractivity contribution is 0.249. The van der Waals surface area contributed by atoms with Gasteiger partial charge in [0.15, 0.2) is 5.09 Å². The maximum absolute atomic E-state index is 5.45. The summed E-state index contributed by atoms with van der Waals surface area (Å²) in [5.41, 5.74) is 1.25. The fraction of sp³-hybridized carbons (Fsp3) is 0.714. The maximum atomic E-state index is 5.45. The molecular formula is C7H12INOS. The zero-order valence-corrected chi connectivity index (χ0v) is 9.90. The highest BCUT2D eigenvalue weighted by atomic mass is 127. The van der Waals surface area contributed by atoms with Crippen molar-refractivity contribution in [2.75, 3.05) is 13.7 Å². The van der Waals surface area contributed by atoms with Crippen LogP contribution in [0.5, 0.6) is 0 Å². The number of allylic oxidation sites excluding steroid dienone is 1. The molecule has 0 N–H and O–H groups in total. The number of thioether (sulfide) groups is 1. The summed E-state index contributed by atoms with van der Waals surface area (Å²) >= 11 is 4.17. The Bertz CT molecular complexity index is 183. The van der Waals surface area contributed by atoms with Gasteiger partial charge in [0.1, 0.15) is 3.38 Å². The zero-order chi connectivity index (χ0) is 8.43. The Kier molecular flexibility index (Phi) is 3.36. The minimum Gasteiger partial charge on any atom is -0.486 e. The molecule has 0 saturated heterocycles. The summed E-state index contributed by atoms with van der Waals surface area (Å²) in [4.78, 5) is 2.22. The van der Waals surface area contributed by atoms with E-state index >= 15 is 0 Å². The molecule has 1 unspecified atom stereocenters. The summed E-state index contributed by atoms with van der Waals surface area (Å²) in [5, 5.41) is 1.08. The summed E-state index contributed by atoms with van der Waals surface area (Å²) in [6.07, 6.45) is 0. The van der Waals surface area contributed by atoms with Gasteiger partial charge in [0.2, 0.25) is 0 Å². The molecule has 0 saturated carbocycles. The van der Waals surface area contributed by atoms with Crippen molar-refractivity contribution in [3.63, 3.8) is 0 Å². The molecule has 64 valence electrons. The normalized spacial score (nSPS) is 24.7. The van der Waals surface area contributed by atoms with E-state index in [9.17, 15) is 0 Å². The van der Waals surface area contributed by atoms with Gasteiger partial charge in [0, 0.05) is 7.05 Å². The largest absolute Gasteiger partial charge is 0.486 e. The van der Waals surface area contributed by atoms with Gasteiger partial charge in [-0.05, 0) is 36.4 Å². The molecule has 1 heterocycles. The Morgan fingerprint density at radius 2 is 2.36 bits per heavy atom. The van der Waals surface area contributed by atoms with E-state index in [1.807, 2.05) is 6.92 Å². The van der Waals surface area contributed by atoms with Gasteiger partial charge in [-0.25, -0.2) is 0 Å². The van der Waals surface area contributed by atoms with E-state index in [0.717, 1.165) is 11.7 Å². The van der Waals surface area contributed by atoms with Crippen LogP contribution in [0.25, 0.3) is 0 Å². The fourth-order valence-electron chi connectivity index (χ4n) is 0.818. The van der Waals surface area contributed by atoms with Gasteiger partial charge >= 0.3 is 0 Å². The van der Waals surface area contributed by atoms with Gasteiger partial charge in [-0.1, -0.05) is 11.8 Å².